The molecule has 0 aliphatic heterocycles. The monoisotopic (exact) mass is 234 g/mol. The molecule has 0 atom stereocenters. The third-order valence-corrected chi connectivity index (χ3v) is 2.59. The van der Waals surface area contributed by atoms with Gasteiger partial charge in [0.15, 0.2) is 0 Å². The summed E-state index contributed by atoms with van der Waals surface area (Å²) in [6, 6.07) is 4.07. The third-order valence-electron chi connectivity index (χ3n) is 2.59. The van der Waals surface area contributed by atoms with Crippen LogP contribution in [0.5, 0.6) is 0 Å². The van der Waals surface area contributed by atoms with Gasteiger partial charge in [-0.05, 0) is 12.1 Å². The van der Waals surface area contributed by atoms with Crippen LogP contribution in [0.15, 0.2) is 18.3 Å². The van der Waals surface area contributed by atoms with E-state index in [0.717, 1.165) is 24.9 Å². The van der Waals surface area contributed by atoms with Crippen LogP contribution in [-0.2, 0) is 13.5 Å². The maximum Gasteiger partial charge on any atom is 0.227 e. The van der Waals surface area contributed by atoms with E-state index in [1.54, 1.807) is 0 Å². The summed E-state index contributed by atoms with van der Waals surface area (Å²) < 4.78 is 1.94. The van der Waals surface area contributed by atoms with Gasteiger partial charge in [-0.25, -0.2) is 0 Å². The van der Waals surface area contributed by atoms with E-state index < -0.39 is 0 Å². The van der Waals surface area contributed by atoms with Gasteiger partial charge in [0.2, 0.25) is 11.9 Å². The zero-order valence-corrected chi connectivity index (χ0v) is 10.4. The Hall–Kier alpha value is -1.98. The fraction of sp³-hybridized carbons (Fsp3) is 0.455. The number of anilines is 2. The summed E-state index contributed by atoms with van der Waals surface area (Å²) in [7, 11) is 5.85. The van der Waals surface area contributed by atoms with Crippen LogP contribution in [0.3, 0.4) is 0 Å². The molecule has 0 fully saturated rings. The van der Waals surface area contributed by atoms with Gasteiger partial charge in [-0.3, -0.25) is 4.57 Å². The molecule has 6 nitrogen and oxygen atoms in total. The average Bonchev–Trinajstić information content (AvgIpc) is 2.89. The van der Waals surface area contributed by atoms with Gasteiger partial charge < -0.3 is 15.2 Å². The number of nitrogens with one attached hydrogen (secondary N) is 2. The molecule has 6 heteroatoms. The van der Waals surface area contributed by atoms with Gasteiger partial charge in [0.05, 0.1) is 0 Å². The first-order valence-electron chi connectivity index (χ1n) is 5.61. The van der Waals surface area contributed by atoms with Crippen molar-refractivity contribution in [3.05, 3.63) is 24.0 Å². The Balaban J connectivity index is 1.91. The summed E-state index contributed by atoms with van der Waals surface area (Å²) in [5.74, 6) is 1.63. The van der Waals surface area contributed by atoms with E-state index in [-0.39, 0.29) is 0 Å². The third kappa shape index (κ3) is 2.58. The van der Waals surface area contributed by atoms with Crippen LogP contribution in [0.2, 0.25) is 0 Å². The van der Waals surface area contributed by atoms with Crippen molar-refractivity contribution >= 4 is 11.9 Å². The summed E-state index contributed by atoms with van der Waals surface area (Å²) in [5.41, 5.74) is 1.22. The topological polar surface area (TPSA) is 61.8 Å². The molecule has 92 valence electrons. The van der Waals surface area contributed by atoms with Crippen molar-refractivity contribution in [3.63, 3.8) is 0 Å². The first-order chi connectivity index (χ1) is 8.18. The van der Waals surface area contributed by atoms with Crippen molar-refractivity contribution in [1.82, 2.24) is 19.7 Å². The van der Waals surface area contributed by atoms with Crippen LogP contribution >= 0.6 is 0 Å². The van der Waals surface area contributed by atoms with Crippen molar-refractivity contribution in [2.75, 3.05) is 30.9 Å². The lowest BCUT2D eigenvalue weighted by Crippen LogP contribution is -2.15. The van der Waals surface area contributed by atoms with Crippen molar-refractivity contribution < 1.29 is 0 Å². The Bertz CT molecular complexity index is 456. The van der Waals surface area contributed by atoms with Crippen molar-refractivity contribution in [2.24, 2.45) is 7.05 Å². The minimum atomic E-state index is 0.792. The van der Waals surface area contributed by atoms with Crippen LogP contribution in [0.4, 0.5) is 11.9 Å². The van der Waals surface area contributed by atoms with Crippen LogP contribution in [0.25, 0.3) is 0 Å². The van der Waals surface area contributed by atoms with Gasteiger partial charge in [0, 0.05) is 46.0 Å². The van der Waals surface area contributed by atoms with Gasteiger partial charge in [0.25, 0.3) is 0 Å². The molecule has 2 N–H and O–H groups in total. The molecule has 0 saturated heterocycles. The number of rotatable bonds is 5. The second kappa shape index (κ2) is 4.90. The number of aromatic nitrogens is 4. The minimum absolute atomic E-state index is 0.792. The normalized spacial score (nSPS) is 10.5. The zero-order valence-electron chi connectivity index (χ0n) is 10.4. The fourth-order valence-electron chi connectivity index (χ4n) is 1.70. The fourth-order valence-corrected chi connectivity index (χ4v) is 1.70. The molecule has 2 aromatic heterocycles. The number of nitrogens with zero attached hydrogens (tertiary/aromatic N) is 4. The highest BCUT2D eigenvalue weighted by Crippen LogP contribution is 2.11. The van der Waals surface area contributed by atoms with E-state index in [1.807, 2.05) is 42.9 Å². The van der Waals surface area contributed by atoms with E-state index in [1.165, 1.54) is 5.69 Å². The van der Waals surface area contributed by atoms with E-state index in [4.69, 9.17) is 0 Å². The van der Waals surface area contributed by atoms with Crippen LogP contribution in [-0.4, -0.2) is 40.4 Å². The molecule has 0 bridgehead atoms. The molecule has 0 amide bonds. The summed E-state index contributed by atoms with van der Waals surface area (Å²) >= 11 is 0. The molecule has 0 aliphatic rings. The Morgan fingerprint density at radius 2 is 2.24 bits per heavy atom. The maximum absolute atomic E-state index is 4.11. The smallest absolute Gasteiger partial charge is 0.227 e. The first kappa shape index (κ1) is 11.5. The van der Waals surface area contributed by atoms with E-state index in [2.05, 4.69) is 26.6 Å². The molecule has 0 saturated carbocycles. The second-order valence-corrected chi connectivity index (χ2v) is 4.15. The molecule has 2 heterocycles. The minimum Gasteiger partial charge on any atom is -0.365 e. The summed E-state index contributed by atoms with van der Waals surface area (Å²) in [5, 5.41) is 11.5. The molecule has 2 aromatic rings. The highest BCUT2D eigenvalue weighted by Gasteiger charge is 2.08. The molecule has 0 aliphatic carbocycles. The molecule has 0 spiro atoms. The van der Waals surface area contributed by atoms with Crippen LogP contribution < -0.4 is 10.2 Å². The second-order valence-electron chi connectivity index (χ2n) is 4.15. The van der Waals surface area contributed by atoms with Crippen molar-refractivity contribution in [3.8, 4) is 0 Å². The highest BCUT2D eigenvalue weighted by molar-refractivity contribution is 5.37. The number of hydrogen-bond donors (Lipinski definition) is 2. The van der Waals surface area contributed by atoms with E-state index in [0.29, 0.717) is 0 Å². The number of aromatic amines is 1. The molecule has 0 radical (unpaired) electrons. The van der Waals surface area contributed by atoms with Gasteiger partial charge in [0.1, 0.15) is 0 Å². The largest absolute Gasteiger partial charge is 0.365 e. The Kier molecular flexibility index (Phi) is 3.32. The summed E-state index contributed by atoms with van der Waals surface area (Å²) in [6.07, 6.45) is 2.87. The quantitative estimate of drug-likeness (QED) is 0.805. The van der Waals surface area contributed by atoms with E-state index in [9.17, 15) is 0 Å². The number of hydrogen-bond acceptors (Lipinski definition) is 4. The lowest BCUT2D eigenvalue weighted by Gasteiger charge is -2.11. The predicted molar refractivity (Wildman–Crippen MR) is 68.3 cm³/mol. The molecule has 17 heavy (non-hydrogen) atoms. The number of H-pyrrole nitrogens is 1. The van der Waals surface area contributed by atoms with Crippen molar-refractivity contribution in [2.45, 2.75) is 6.42 Å². The van der Waals surface area contributed by atoms with Gasteiger partial charge >= 0.3 is 0 Å². The standard InChI is InChI=1S/C11H18N6/c1-16(2)11-15-14-10(17(11)3)13-8-6-9-5-4-7-12-9/h4-5,7,12H,6,8H2,1-3H3,(H,13,14). The maximum atomic E-state index is 4.11. The Morgan fingerprint density at radius 1 is 1.41 bits per heavy atom. The zero-order chi connectivity index (χ0) is 12.3. The van der Waals surface area contributed by atoms with Crippen LogP contribution in [0.1, 0.15) is 5.69 Å². The molecular formula is C11H18N6. The average molecular weight is 234 g/mol. The molecular weight excluding hydrogens is 216 g/mol. The highest BCUT2D eigenvalue weighted by atomic mass is 15.4. The van der Waals surface area contributed by atoms with Crippen LogP contribution in [0, 0.1) is 0 Å². The predicted octanol–water partition coefficient (Wildman–Crippen LogP) is 0.864. The Labute approximate surface area is 101 Å². The van der Waals surface area contributed by atoms with Gasteiger partial charge in [-0.15, -0.1) is 10.2 Å². The molecule has 2 rings (SSSR count). The first-order valence-corrected chi connectivity index (χ1v) is 5.61. The lowest BCUT2D eigenvalue weighted by molar-refractivity contribution is 0.856. The van der Waals surface area contributed by atoms with Gasteiger partial charge in [-0.1, -0.05) is 0 Å². The Morgan fingerprint density at radius 3 is 2.82 bits per heavy atom. The van der Waals surface area contributed by atoms with E-state index >= 15 is 0 Å². The van der Waals surface area contributed by atoms with Crippen molar-refractivity contribution in [1.29, 1.82) is 0 Å². The molecule has 0 aromatic carbocycles. The summed E-state index contributed by atoms with van der Waals surface area (Å²) in [6.45, 7) is 0.833. The van der Waals surface area contributed by atoms with Gasteiger partial charge in [-0.2, -0.15) is 0 Å². The molecule has 0 unspecified atom stereocenters. The SMILES string of the molecule is CN(C)c1nnc(NCCc2ccc[nH]2)n1C. The summed E-state index contributed by atoms with van der Waals surface area (Å²) in [4.78, 5) is 5.10. The lowest BCUT2D eigenvalue weighted by atomic mass is 10.3.